The zero-order chi connectivity index (χ0) is 51.5. The lowest BCUT2D eigenvalue weighted by atomic mass is 9.96. The van der Waals surface area contributed by atoms with Gasteiger partial charge >= 0.3 is 0 Å². The second-order valence-electron chi connectivity index (χ2n) is 18.0. The first-order valence-corrected chi connectivity index (χ1v) is 29.9. The lowest BCUT2D eigenvalue weighted by Crippen LogP contribution is -1.83. The van der Waals surface area contributed by atoms with Gasteiger partial charge in [0.25, 0.3) is 0 Å². The van der Waals surface area contributed by atoms with Crippen LogP contribution < -0.4 is 0 Å². The van der Waals surface area contributed by atoms with E-state index in [0.29, 0.717) is 0 Å². The summed E-state index contributed by atoms with van der Waals surface area (Å²) in [6.45, 7) is 0. The van der Waals surface area contributed by atoms with Gasteiger partial charge in [-0.3, -0.25) is 0 Å². The van der Waals surface area contributed by atoms with E-state index < -0.39 is 0 Å². The molecule has 0 bridgehead atoms. The van der Waals surface area contributed by atoms with Crippen molar-refractivity contribution in [3.63, 3.8) is 0 Å². The average molecular weight is 1260 g/mol. The zero-order valence-corrected chi connectivity index (χ0v) is 46.7. The highest BCUT2D eigenvalue weighted by molar-refractivity contribution is 9.93. The van der Waals surface area contributed by atoms with Gasteiger partial charge in [-0.1, -0.05) is 250 Å². The molecule has 0 aliphatic carbocycles. The highest BCUT2D eigenvalue weighted by atomic mass is 80.9. The van der Waals surface area contributed by atoms with E-state index in [1.165, 1.54) is 0 Å². The number of hydrogen-bond acceptors (Lipinski definition) is 4. The number of benzene rings is 10. The number of fused-ring (bicyclic) bond motifs is 4. The molecule has 0 saturated carbocycles. The summed E-state index contributed by atoms with van der Waals surface area (Å²) >= 11 is 13.4. The van der Waals surface area contributed by atoms with Crippen molar-refractivity contribution in [3.05, 3.63) is 264 Å². The molecule has 0 saturated heterocycles. The van der Waals surface area contributed by atoms with Gasteiger partial charge < -0.3 is 17.7 Å². The average Bonchev–Trinajstić information content (AvgIpc) is 3.90. The molecule has 10 aromatic carbocycles. The summed E-state index contributed by atoms with van der Waals surface area (Å²) in [7, 11) is 0. The van der Waals surface area contributed by atoms with Crippen LogP contribution in [0.25, 0.3) is 134 Å². The van der Waals surface area contributed by atoms with Crippen molar-refractivity contribution in [2.24, 2.45) is 0 Å². The van der Waals surface area contributed by atoms with Gasteiger partial charge in [-0.15, -0.1) is 0 Å². The van der Waals surface area contributed by atoms with E-state index in [2.05, 4.69) is 218 Å². The van der Waals surface area contributed by atoms with Gasteiger partial charge in [0.05, 0.1) is 8.95 Å². The Kier molecular flexibility index (Phi) is 15.3. The predicted octanol–water partition coefficient (Wildman–Crippen LogP) is 24.0. The first-order valence-electron chi connectivity index (χ1n) is 24.6. The number of halogens is 4. The van der Waals surface area contributed by atoms with Crippen LogP contribution in [0.5, 0.6) is 0 Å². The van der Waals surface area contributed by atoms with Crippen molar-refractivity contribution >= 4 is 104 Å². The number of furan rings is 4. The highest BCUT2D eigenvalue weighted by Crippen LogP contribution is 2.54. The molecule has 0 radical (unpaired) electrons. The van der Waals surface area contributed by atoms with Crippen molar-refractivity contribution in [2.75, 3.05) is 0 Å². The Morgan fingerprint density at radius 3 is 0.727 bits per heavy atom. The van der Waals surface area contributed by atoms with Gasteiger partial charge in [-0.05, 0) is 66.2 Å². The Bertz CT molecular complexity index is 4000. The van der Waals surface area contributed by atoms with Gasteiger partial charge in [-0.25, -0.2) is 0 Å². The molecular weight excluding hydrogens is 1210 g/mol. The number of rotatable bonds is 8. The molecule has 378 valence electrons. The predicted molar refractivity (Wildman–Crippen MR) is 340 cm³/mol. The summed E-state index contributed by atoms with van der Waals surface area (Å²) in [6.07, 6.45) is 0. The van der Waals surface area contributed by atoms with Crippen LogP contribution in [0.2, 0.25) is 0 Å². The molecule has 4 nitrogen and oxygen atoms in total. The van der Waals surface area contributed by atoms with Crippen LogP contribution in [0.3, 0.4) is 0 Å². The second-order valence-corrected chi connectivity index (χ2v) is 19.6. The molecule has 14 aromatic rings. The summed E-state index contributed by atoms with van der Waals surface area (Å²) in [5.41, 5.74) is 16.0. The van der Waals surface area contributed by atoms with Crippen LogP contribution >= 0.6 is 60.1 Å². The molecule has 0 spiro atoms. The van der Waals surface area contributed by atoms with Gasteiger partial charge in [0.1, 0.15) is 34.2 Å². The van der Waals surface area contributed by atoms with Crippen molar-refractivity contribution in [3.8, 4) is 89.8 Å². The van der Waals surface area contributed by atoms with Gasteiger partial charge in [0.15, 0.2) is 11.2 Å². The molecule has 0 unspecified atom stereocenters. The molecule has 14 rings (SSSR count). The molecule has 8 heteroatoms. The maximum Gasteiger partial charge on any atom is 0.151 e. The highest BCUT2D eigenvalue weighted by Gasteiger charge is 2.30. The molecule has 0 N–H and O–H groups in total. The zero-order valence-electron chi connectivity index (χ0n) is 40.4. The van der Waals surface area contributed by atoms with Crippen LogP contribution in [0.1, 0.15) is 10.3 Å². The molecule has 0 atom stereocenters. The van der Waals surface area contributed by atoms with Crippen molar-refractivity contribution < 1.29 is 20.5 Å². The SMILES string of the molecule is BrBr.Brc1c2oc(-c3ccccc3)c(-c3ccccc3)c2c(Br)c2oc(-c3ccccc3)c(-c3ccccc3)c12.C.[2HH].[HH].c1ccc(-c2oc3cc4c(-c5ccccc5)c(-c5ccccc5)oc4cc3c2-c2ccccc2)cc1. The standard InChI is InChI=1S/C34H20Br2O2.C34H22O2.CH4.Br2.2H2/c35-29-27-25(21-13-5-1-6-14-21)31(23-17-9-3-10-18-23)37-33(27)30(36)28-26(22-15-7-2-8-16-22)32(38-34(28)29)24-19-11-4-12-20-24;1-5-13-23(14-6-1)31-27-21-30-28(22-29(27)35-33(31)25-17-9-3-10-18-25)32(24-15-7-2-8-16-24)34(36-30)26-19-11-4-12-20-26;;1-2;;/h1-20H;1-22H;1H4;;2*1H/i;;;;1+1;. The van der Waals surface area contributed by atoms with E-state index in [4.69, 9.17) is 17.7 Å². The first-order chi connectivity index (χ1) is 37.6. The van der Waals surface area contributed by atoms with E-state index in [9.17, 15) is 0 Å². The largest absolute Gasteiger partial charge is 0.455 e. The summed E-state index contributed by atoms with van der Waals surface area (Å²) in [5, 5.41) is 4.03. The van der Waals surface area contributed by atoms with Crippen LogP contribution in [0, 0.1) is 0 Å². The third kappa shape index (κ3) is 9.65. The number of hydrogen-bond donors (Lipinski definition) is 0. The molecule has 4 aromatic heterocycles. The summed E-state index contributed by atoms with van der Waals surface area (Å²) in [5.74, 6) is 3.39. The minimum Gasteiger partial charge on any atom is -0.455 e. The Hall–Kier alpha value is -7.72. The van der Waals surface area contributed by atoms with Crippen LogP contribution in [0.15, 0.2) is 281 Å². The maximum atomic E-state index is 6.75. The minimum absolute atomic E-state index is 0. The second kappa shape index (κ2) is 22.9. The fraction of sp³-hybridized carbons (Fsp3) is 0.0145. The normalized spacial score (nSPS) is 11.0. The van der Waals surface area contributed by atoms with Gasteiger partial charge in [0.2, 0.25) is 0 Å². The fourth-order valence-corrected chi connectivity index (χ4v) is 11.5. The Morgan fingerprint density at radius 2 is 0.481 bits per heavy atom. The van der Waals surface area contributed by atoms with E-state index in [1.54, 1.807) is 0 Å². The molecule has 0 amide bonds. The van der Waals surface area contributed by atoms with Crippen molar-refractivity contribution in [1.29, 1.82) is 0 Å². The lowest BCUT2D eigenvalue weighted by molar-refractivity contribution is 0.626. The van der Waals surface area contributed by atoms with Crippen molar-refractivity contribution in [2.45, 2.75) is 7.43 Å². The maximum absolute atomic E-state index is 6.75. The summed E-state index contributed by atoms with van der Waals surface area (Å²) in [6, 6.07) is 87.0. The van der Waals surface area contributed by atoms with Crippen LogP contribution in [0.4, 0.5) is 0 Å². The topological polar surface area (TPSA) is 52.6 Å². The van der Waals surface area contributed by atoms with E-state index in [1.807, 2.05) is 97.1 Å². The monoisotopic (exact) mass is 1260 g/mol. The first kappa shape index (κ1) is 51.4. The van der Waals surface area contributed by atoms with Gasteiger partial charge in [0, 0.05) is 97.2 Å². The van der Waals surface area contributed by atoms with Gasteiger partial charge in [-0.2, -0.15) is 0 Å². The third-order valence-electron chi connectivity index (χ3n) is 13.5. The van der Waals surface area contributed by atoms with Crippen LogP contribution in [-0.4, -0.2) is 0 Å². The Labute approximate surface area is 481 Å². The Balaban J connectivity index is 0.000000179. The fourth-order valence-electron chi connectivity index (χ4n) is 10.2. The van der Waals surface area contributed by atoms with E-state index in [0.717, 1.165) is 143 Å². The lowest BCUT2D eigenvalue weighted by Gasteiger charge is -2.06. The van der Waals surface area contributed by atoms with Crippen molar-refractivity contribution in [1.82, 2.24) is 0 Å². The summed E-state index contributed by atoms with van der Waals surface area (Å²) in [4.78, 5) is 0. The molecule has 0 fully saturated rings. The quantitative estimate of drug-likeness (QED) is 0.152. The molecular formula is C69H50Br4O4. The molecule has 4 heterocycles. The molecule has 77 heavy (non-hydrogen) atoms. The third-order valence-corrected chi connectivity index (χ3v) is 15.1. The van der Waals surface area contributed by atoms with Crippen LogP contribution in [-0.2, 0) is 0 Å². The molecule has 0 aliphatic heterocycles. The smallest absolute Gasteiger partial charge is 0.151 e. The molecule has 0 aliphatic rings. The van der Waals surface area contributed by atoms with E-state index >= 15 is 0 Å². The summed E-state index contributed by atoms with van der Waals surface area (Å²) < 4.78 is 28.5. The van der Waals surface area contributed by atoms with E-state index in [-0.39, 0.29) is 10.3 Å². The Morgan fingerprint density at radius 1 is 0.273 bits per heavy atom. The minimum atomic E-state index is 0.